The zero-order valence-corrected chi connectivity index (χ0v) is 26.7. The van der Waals surface area contributed by atoms with Gasteiger partial charge in [-0.2, -0.15) is 8.78 Å². The Kier molecular flexibility index (Phi) is 8.16. The lowest BCUT2D eigenvalue weighted by Gasteiger charge is -2.33. The van der Waals surface area contributed by atoms with Gasteiger partial charge in [-0.25, -0.2) is 14.8 Å². The molecule has 46 heavy (non-hydrogen) atoms. The lowest BCUT2D eigenvalue weighted by Crippen LogP contribution is -2.42. The smallest absolute Gasteiger partial charge is 0.410 e. The second kappa shape index (κ2) is 12.0. The van der Waals surface area contributed by atoms with Crippen LogP contribution < -0.4 is 10.3 Å². The topological polar surface area (TPSA) is 86.6 Å². The number of piperidine rings is 1. The minimum absolute atomic E-state index is 0.0876. The van der Waals surface area contributed by atoms with Gasteiger partial charge in [0.15, 0.2) is 11.6 Å². The molecule has 0 saturated carbocycles. The fourth-order valence-electron chi connectivity index (χ4n) is 6.21. The maximum Gasteiger partial charge on any atom is 0.410 e. The molecule has 6 rings (SSSR count). The molecule has 3 heterocycles. The van der Waals surface area contributed by atoms with Gasteiger partial charge in [-0.05, 0) is 76.6 Å². The highest BCUT2D eigenvalue weighted by atomic mass is 19.3. The maximum atomic E-state index is 15.8. The summed E-state index contributed by atoms with van der Waals surface area (Å²) >= 11 is 0. The summed E-state index contributed by atoms with van der Waals surface area (Å²) in [5, 5.41) is 0. The van der Waals surface area contributed by atoms with Crippen LogP contribution in [0.1, 0.15) is 69.0 Å². The summed E-state index contributed by atoms with van der Waals surface area (Å²) in [4.78, 5) is 36.2. The third-order valence-electron chi connectivity index (χ3n) is 8.62. The van der Waals surface area contributed by atoms with Crippen molar-refractivity contribution < 1.29 is 23.0 Å². The van der Waals surface area contributed by atoms with Crippen LogP contribution in [0.15, 0.2) is 71.8 Å². The molecule has 0 radical (unpaired) electrons. The van der Waals surface area contributed by atoms with Crippen LogP contribution in [0, 0.1) is 12.8 Å². The second-order valence-corrected chi connectivity index (χ2v) is 13.2. The zero-order chi connectivity index (χ0) is 32.8. The summed E-state index contributed by atoms with van der Waals surface area (Å²) in [7, 11) is 0. The largest absolute Gasteiger partial charge is 0.490 e. The number of likely N-dealkylation sites (tertiary alicyclic amines) is 1. The Morgan fingerprint density at radius 2 is 1.74 bits per heavy atom. The predicted molar refractivity (Wildman–Crippen MR) is 171 cm³/mol. The van der Waals surface area contributed by atoms with Crippen molar-refractivity contribution in [3.63, 3.8) is 0 Å². The van der Waals surface area contributed by atoms with Crippen molar-refractivity contribution in [2.24, 2.45) is 5.92 Å². The van der Waals surface area contributed by atoms with Gasteiger partial charge in [0.25, 0.3) is 5.56 Å². The number of aromatic nitrogens is 3. The lowest BCUT2D eigenvalue weighted by atomic mass is 9.98. The van der Waals surface area contributed by atoms with E-state index < -0.39 is 23.1 Å². The molecule has 2 aliphatic rings. The number of amides is 1. The third-order valence-corrected chi connectivity index (χ3v) is 8.62. The summed E-state index contributed by atoms with van der Waals surface area (Å²) < 4.78 is 44.3. The Morgan fingerprint density at radius 3 is 2.43 bits per heavy atom. The molecule has 8 nitrogen and oxygen atoms in total. The molecule has 1 atom stereocenters. The van der Waals surface area contributed by atoms with Gasteiger partial charge in [0, 0.05) is 35.8 Å². The van der Waals surface area contributed by atoms with E-state index in [4.69, 9.17) is 9.47 Å². The number of fused-ring (bicyclic) bond motifs is 3. The van der Waals surface area contributed by atoms with Gasteiger partial charge in [0.2, 0.25) is 0 Å². The molecule has 0 N–H and O–H groups in total. The molecule has 4 aromatic rings. The van der Waals surface area contributed by atoms with Gasteiger partial charge >= 0.3 is 12.0 Å². The van der Waals surface area contributed by atoms with Gasteiger partial charge in [-0.3, -0.25) is 9.36 Å². The summed E-state index contributed by atoms with van der Waals surface area (Å²) in [6, 6.07) is 14.3. The molecule has 0 bridgehead atoms. The highest BCUT2D eigenvalue weighted by molar-refractivity contribution is 5.78. The highest BCUT2D eigenvalue weighted by Gasteiger charge is 2.47. The first kappa shape index (κ1) is 31.4. The van der Waals surface area contributed by atoms with E-state index in [0.29, 0.717) is 59.4 Å². The zero-order valence-electron chi connectivity index (χ0n) is 26.7. The van der Waals surface area contributed by atoms with Gasteiger partial charge in [0.1, 0.15) is 11.3 Å². The number of carbonyl (C=O) groups excluding carboxylic acids is 1. The van der Waals surface area contributed by atoms with E-state index in [1.54, 1.807) is 36.4 Å². The fraction of sp³-hybridized carbons (Fsp3) is 0.389. The SMILES string of the molecule is Cc1ccc2c(c1)-c1ccc(=O)n([C@H](C)c3cccc(-c4ncc(OCC5CCN(C(=O)OC(C)(C)C)CC5)cn4)c3)c1C2(F)F. The number of aryl methyl sites for hydroxylation is 1. The number of halogens is 2. The van der Waals surface area contributed by atoms with Crippen LogP contribution in [0.4, 0.5) is 13.6 Å². The van der Waals surface area contributed by atoms with E-state index in [1.807, 2.05) is 52.0 Å². The Bertz CT molecular complexity index is 1820. The molecule has 1 fully saturated rings. The summed E-state index contributed by atoms with van der Waals surface area (Å²) in [6.07, 6.45) is 4.57. The van der Waals surface area contributed by atoms with E-state index in [1.165, 1.54) is 22.8 Å². The van der Waals surface area contributed by atoms with E-state index >= 15 is 8.78 Å². The molecule has 0 spiro atoms. The van der Waals surface area contributed by atoms with Crippen LogP contribution in [0.2, 0.25) is 0 Å². The van der Waals surface area contributed by atoms with E-state index in [-0.39, 0.29) is 17.4 Å². The Balaban J connectivity index is 1.14. The molecule has 2 aromatic carbocycles. The number of benzene rings is 2. The Morgan fingerprint density at radius 1 is 1.02 bits per heavy atom. The minimum atomic E-state index is -3.31. The molecule has 1 saturated heterocycles. The quantitative estimate of drug-likeness (QED) is 0.222. The first-order valence-electron chi connectivity index (χ1n) is 15.6. The van der Waals surface area contributed by atoms with E-state index in [2.05, 4.69) is 9.97 Å². The van der Waals surface area contributed by atoms with Crippen molar-refractivity contribution in [3.05, 3.63) is 99.7 Å². The molecule has 1 amide bonds. The van der Waals surface area contributed by atoms with Crippen LogP contribution in [-0.2, 0) is 10.7 Å². The number of rotatable bonds is 6. The van der Waals surface area contributed by atoms with Gasteiger partial charge in [-0.1, -0.05) is 42.0 Å². The number of alkyl halides is 2. The van der Waals surface area contributed by atoms with Gasteiger partial charge in [0.05, 0.1) is 25.0 Å². The fourth-order valence-corrected chi connectivity index (χ4v) is 6.21. The van der Waals surface area contributed by atoms with Crippen molar-refractivity contribution in [2.75, 3.05) is 19.7 Å². The number of carbonyl (C=O) groups is 1. The number of nitrogens with zero attached hydrogens (tertiary/aromatic N) is 4. The molecule has 10 heteroatoms. The molecule has 1 aliphatic heterocycles. The first-order chi connectivity index (χ1) is 21.8. The Labute approximate surface area is 267 Å². The van der Waals surface area contributed by atoms with Crippen molar-refractivity contribution in [3.8, 4) is 28.3 Å². The predicted octanol–water partition coefficient (Wildman–Crippen LogP) is 7.37. The van der Waals surface area contributed by atoms with Crippen molar-refractivity contribution >= 4 is 6.09 Å². The average molecular weight is 629 g/mol. The highest BCUT2D eigenvalue weighted by Crippen LogP contribution is 2.51. The first-order valence-corrected chi connectivity index (χ1v) is 15.6. The van der Waals surface area contributed by atoms with E-state index in [9.17, 15) is 9.59 Å². The van der Waals surface area contributed by atoms with Crippen molar-refractivity contribution in [1.82, 2.24) is 19.4 Å². The van der Waals surface area contributed by atoms with Crippen LogP contribution in [0.5, 0.6) is 5.75 Å². The molecular weight excluding hydrogens is 590 g/mol. The maximum absolute atomic E-state index is 15.8. The Hall–Kier alpha value is -4.60. The average Bonchev–Trinajstić information content (AvgIpc) is 3.24. The molecule has 240 valence electrons. The third kappa shape index (κ3) is 6.12. The molecular formula is C36H38F2N4O4. The summed E-state index contributed by atoms with van der Waals surface area (Å²) in [5.74, 6) is -2.03. The number of ether oxygens (including phenoxy) is 2. The standard InChI is InChI=1S/C36H38F2N4O4/c1-22-9-11-30-29(17-22)28-10-12-31(43)42(32(28)36(30,37)38)23(2)25-7-6-8-26(18-25)33-39-19-27(20-40-33)45-21-24-13-15-41(16-14-24)34(44)46-35(3,4)5/h6-12,17-20,23-24H,13-16,21H2,1-5H3/t23-/m1/s1. The number of pyridine rings is 1. The van der Waals surface area contributed by atoms with Gasteiger partial charge in [-0.15, -0.1) is 0 Å². The van der Waals surface area contributed by atoms with Crippen molar-refractivity contribution in [1.29, 1.82) is 0 Å². The van der Waals surface area contributed by atoms with Crippen molar-refractivity contribution in [2.45, 2.75) is 65.0 Å². The summed E-state index contributed by atoms with van der Waals surface area (Å²) in [5.41, 5.74) is 1.69. The lowest BCUT2D eigenvalue weighted by molar-refractivity contribution is 0.0164. The molecule has 0 unspecified atom stereocenters. The van der Waals surface area contributed by atoms with Crippen LogP contribution in [0.25, 0.3) is 22.5 Å². The summed E-state index contributed by atoms with van der Waals surface area (Å²) in [6.45, 7) is 10.9. The van der Waals surface area contributed by atoms with Crippen LogP contribution >= 0.6 is 0 Å². The normalized spacial score (nSPS) is 16.5. The second-order valence-electron chi connectivity index (χ2n) is 13.2. The van der Waals surface area contributed by atoms with E-state index in [0.717, 1.165) is 18.4 Å². The minimum Gasteiger partial charge on any atom is -0.490 e. The van der Waals surface area contributed by atoms with Crippen LogP contribution in [-0.4, -0.2) is 50.8 Å². The number of hydrogen-bond acceptors (Lipinski definition) is 6. The molecule has 1 aliphatic carbocycles. The number of hydrogen-bond donors (Lipinski definition) is 0. The van der Waals surface area contributed by atoms with Gasteiger partial charge < -0.3 is 14.4 Å². The van der Waals surface area contributed by atoms with Crippen LogP contribution in [0.3, 0.4) is 0 Å². The monoisotopic (exact) mass is 628 g/mol. The molecule has 2 aromatic heterocycles.